The van der Waals surface area contributed by atoms with Gasteiger partial charge in [0.15, 0.2) is 10.8 Å². The standard InChI is InChI=1S/C9H14N2O3S2/c1-3-14-8(12)7-6-15-9(11-7)10-4-5-16(2)13/h6H,3-5H2,1-2H3,(H,10,11). The molecule has 1 unspecified atom stereocenters. The zero-order valence-electron chi connectivity index (χ0n) is 9.19. The molecule has 1 aromatic rings. The van der Waals surface area contributed by atoms with E-state index in [1.807, 2.05) is 0 Å². The summed E-state index contributed by atoms with van der Waals surface area (Å²) in [6, 6.07) is 0. The van der Waals surface area contributed by atoms with Crippen LogP contribution in [-0.4, -0.2) is 40.3 Å². The molecule has 5 nitrogen and oxygen atoms in total. The Morgan fingerprint density at radius 3 is 3.06 bits per heavy atom. The Hall–Kier alpha value is -0.950. The van der Waals surface area contributed by atoms with Crippen molar-refractivity contribution in [3.8, 4) is 0 Å². The number of hydrogen-bond donors (Lipinski definition) is 1. The lowest BCUT2D eigenvalue weighted by Crippen LogP contribution is -2.10. The second-order valence-electron chi connectivity index (χ2n) is 2.96. The third kappa shape index (κ3) is 4.28. The predicted molar refractivity (Wildman–Crippen MR) is 65.5 cm³/mol. The van der Waals surface area contributed by atoms with E-state index in [4.69, 9.17) is 4.74 Å². The maximum Gasteiger partial charge on any atom is 0.357 e. The minimum absolute atomic E-state index is 0.312. The molecule has 0 aromatic carbocycles. The van der Waals surface area contributed by atoms with E-state index < -0.39 is 16.8 Å². The van der Waals surface area contributed by atoms with Crippen LogP contribution >= 0.6 is 11.3 Å². The lowest BCUT2D eigenvalue weighted by molar-refractivity contribution is 0.0520. The summed E-state index contributed by atoms with van der Waals surface area (Å²) in [7, 11) is -0.822. The molecule has 0 saturated heterocycles. The van der Waals surface area contributed by atoms with Gasteiger partial charge in [-0.05, 0) is 6.92 Å². The van der Waals surface area contributed by atoms with Crippen molar-refractivity contribution in [2.75, 3.05) is 30.5 Å². The maximum atomic E-state index is 11.3. The van der Waals surface area contributed by atoms with Crippen molar-refractivity contribution in [1.29, 1.82) is 0 Å². The van der Waals surface area contributed by atoms with Gasteiger partial charge in [0.1, 0.15) is 0 Å². The van der Waals surface area contributed by atoms with Crippen molar-refractivity contribution in [3.05, 3.63) is 11.1 Å². The van der Waals surface area contributed by atoms with Crippen LogP contribution in [0.2, 0.25) is 0 Å². The van der Waals surface area contributed by atoms with Crippen LogP contribution in [0.5, 0.6) is 0 Å². The van der Waals surface area contributed by atoms with E-state index in [9.17, 15) is 9.00 Å². The highest BCUT2D eigenvalue weighted by atomic mass is 32.2. The van der Waals surface area contributed by atoms with Crippen LogP contribution in [0, 0.1) is 0 Å². The zero-order valence-corrected chi connectivity index (χ0v) is 10.8. The average molecular weight is 262 g/mol. The van der Waals surface area contributed by atoms with Crippen LogP contribution in [0.3, 0.4) is 0 Å². The van der Waals surface area contributed by atoms with Crippen LogP contribution in [0.1, 0.15) is 17.4 Å². The van der Waals surface area contributed by atoms with Crippen molar-refractivity contribution >= 4 is 33.2 Å². The molecule has 1 aromatic heterocycles. The van der Waals surface area contributed by atoms with Crippen LogP contribution in [0.25, 0.3) is 0 Å². The largest absolute Gasteiger partial charge is 0.461 e. The molecule has 1 N–H and O–H groups in total. The second-order valence-corrected chi connectivity index (χ2v) is 5.38. The number of esters is 1. The number of nitrogens with zero attached hydrogens (tertiary/aromatic N) is 1. The lowest BCUT2D eigenvalue weighted by Gasteiger charge is -1.99. The third-order valence-corrected chi connectivity index (χ3v) is 3.23. The van der Waals surface area contributed by atoms with Crippen molar-refractivity contribution < 1.29 is 13.7 Å². The Labute approximate surface area is 101 Å². The van der Waals surface area contributed by atoms with Crippen molar-refractivity contribution in [3.63, 3.8) is 0 Å². The molecule has 0 saturated carbocycles. The van der Waals surface area contributed by atoms with Crippen molar-refractivity contribution in [2.45, 2.75) is 6.92 Å². The molecule has 0 radical (unpaired) electrons. The molecule has 90 valence electrons. The first-order chi connectivity index (χ1) is 7.63. The number of rotatable bonds is 6. The molecule has 1 atom stereocenters. The predicted octanol–water partition coefficient (Wildman–Crippen LogP) is 1.11. The van der Waals surface area contributed by atoms with Gasteiger partial charge in [0.25, 0.3) is 0 Å². The van der Waals surface area contributed by atoms with E-state index in [0.717, 1.165) is 0 Å². The van der Waals surface area contributed by atoms with Gasteiger partial charge in [-0.1, -0.05) is 0 Å². The smallest absolute Gasteiger partial charge is 0.357 e. The quantitative estimate of drug-likeness (QED) is 0.778. The van der Waals surface area contributed by atoms with E-state index in [1.54, 1.807) is 18.6 Å². The molecule has 0 aliphatic carbocycles. The highest BCUT2D eigenvalue weighted by molar-refractivity contribution is 7.84. The first kappa shape index (κ1) is 13.1. The van der Waals surface area contributed by atoms with Crippen molar-refractivity contribution in [2.24, 2.45) is 0 Å². The van der Waals surface area contributed by atoms with E-state index in [1.165, 1.54) is 11.3 Å². The molecule has 0 aliphatic rings. The van der Waals surface area contributed by atoms with Crippen LogP contribution < -0.4 is 5.32 Å². The second kappa shape index (κ2) is 6.59. The maximum absolute atomic E-state index is 11.3. The summed E-state index contributed by atoms with van der Waals surface area (Å²) in [4.78, 5) is 15.3. The minimum atomic E-state index is -0.822. The summed E-state index contributed by atoms with van der Waals surface area (Å²) in [5.74, 6) is 0.153. The summed E-state index contributed by atoms with van der Waals surface area (Å²) in [5.41, 5.74) is 0.312. The summed E-state index contributed by atoms with van der Waals surface area (Å²) < 4.78 is 15.6. The highest BCUT2D eigenvalue weighted by Gasteiger charge is 2.10. The number of carbonyl (C=O) groups is 1. The van der Waals surface area contributed by atoms with Crippen LogP contribution in [0.15, 0.2) is 5.38 Å². The van der Waals surface area contributed by atoms with Crippen LogP contribution in [0.4, 0.5) is 5.13 Å². The topological polar surface area (TPSA) is 68.3 Å². The monoisotopic (exact) mass is 262 g/mol. The molecule has 1 heterocycles. The Kier molecular flexibility index (Phi) is 5.41. The number of aromatic nitrogens is 1. The van der Waals surface area contributed by atoms with Gasteiger partial charge in [0, 0.05) is 34.7 Å². The molecular weight excluding hydrogens is 248 g/mol. The van der Waals surface area contributed by atoms with Gasteiger partial charge in [0.2, 0.25) is 0 Å². The fraction of sp³-hybridized carbons (Fsp3) is 0.556. The van der Waals surface area contributed by atoms with E-state index >= 15 is 0 Å². The Morgan fingerprint density at radius 1 is 1.69 bits per heavy atom. The Balaban J connectivity index is 2.45. The van der Waals surface area contributed by atoms with Gasteiger partial charge in [0.05, 0.1) is 6.61 Å². The van der Waals surface area contributed by atoms with E-state index in [-0.39, 0.29) is 0 Å². The summed E-state index contributed by atoms with van der Waals surface area (Å²) in [5, 5.41) is 5.29. The van der Waals surface area contributed by atoms with Gasteiger partial charge in [-0.15, -0.1) is 11.3 Å². The number of nitrogens with one attached hydrogen (secondary N) is 1. The first-order valence-electron chi connectivity index (χ1n) is 4.80. The Morgan fingerprint density at radius 2 is 2.44 bits per heavy atom. The van der Waals surface area contributed by atoms with Gasteiger partial charge < -0.3 is 10.1 Å². The lowest BCUT2D eigenvalue weighted by atomic mass is 10.5. The molecular formula is C9H14N2O3S2. The molecule has 1 rings (SSSR count). The summed E-state index contributed by atoms with van der Waals surface area (Å²) >= 11 is 1.33. The van der Waals surface area contributed by atoms with Crippen LogP contribution in [-0.2, 0) is 15.5 Å². The third-order valence-electron chi connectivity index (χ3n) is 1.65. The molecule has 16 heavy (non-hydrogen) atoms. The number of hydrogen-bond acceptors (Lipinski definition) is 6. The molecule has 0 fully saturated rings. The van der Waals surface area contributed by atoms with E-state index in [0.29, 0.717) is 29.7 Å². The molecule has 0 amide bonds. The minimum Gasteiger partial charge on any atom is -0.461 e. The SMILES string of the molecule is CCOC(=O)c1csc(NCCS(C)=O)n1. The molecule has 0 aliphatic heterocycles. The zero-order chi connectivity index (χ0) is 12.0. The number of thiazole rings is 1. The molecule has 0 bridgehead atoms. The van der Waals surface area contributed by atoms with Crippen molar-refractivity contribution in [1.82, 2.24) is 4.98 Å². The average Bonchev–Trinajstić information content (AvgIpc) is 2.66. The van der Waals surface area contributed by atoms with Gasteiger partial charge in [-0.3, -0.25) is 4.21 Å². The number of carbonyl (C=O) groups excluding carboxylic acids is 1. The number of ether oxygens (including phenoxy) is 1. The fourth-order valence-corrected chi connectivity index (χ4v) is 2.05. The first-order valence-corrected chi connectivity index (χ1v) is 7.40. The van der Waals surface area contributed by atoms with Gasteiger partial charge in [-0.2, -0.15) is 0 Å². The Bertz CT molecular complexity index is 379. The van der Waals surface area contributed by atoms with E-state index in [2.05, 4.69) is 10.3 Å². The summed E-state index contributed by atoms with van der Waals surface area (Å²) in [6.45, 7) is 2.67. The van der Waals surface area contributed by atoms with Gasteiger partial charge >= 0.3 is 5.97 Å². The normalized spacial score (nSPS) is 12.1. The number of anilines is 1. The fourth-order valence-electron chi connectivity index (χ4n) is 0.955. The molecule has 7 heteroatoms. The summed E-state index contributed by atoms with van der Waals surface area (Å²) in [6.07, 6.45) is 1.65. The van der Waals surface area contributed by atoms with Gasteiger partial charge in [-0.25, -0.2) is 9.78 Å². The highest BCUT2D eigenvalue weighted by Crippen LogP contribution is 2.15. The molecule has 0 spiro atoms.